The molecule has 0 aromatic carbocycles. The fourth-order valence-corrected chi connectivity index (χ4v) is 3.71. The first-order valence-electron chi connectivity index (χ1n) is 7.57. The summed E-state index contributed by atoms with van der Waals surface area (Å²) in [5.74, 6) is 0.312. The number of aromatic nitrogens is 1. The molecule has 3 amide bonds. The van der Waals surface area contributed by atoms with E-state index in [4.69, 9.17) is 5.73 Å². The van der Waals surface area contributed by atoms with E-state index >= 15 is 0 Å². The van der Waals surface area contributed by atoms with Gasteiger partial charge >= 0.3 is 6.03 Å². The van der Waals surface area contributed by atoms with Crippen LogP contribution >= 0.6 is 23.3 Å². The second-order valence-corrected chi connectivity index (χ2v) is 7.15. The number of hydrogen-bond donors (Lipinski definition) is 3. The van der Waals surface area contributed by atoms with E-state index in [0.717, 1.165) is 43.1 Å². The summed E-state index contributed by atoms with van der Waals surface area (Å²) in [6.07, 6.45) is 3.34. The van der Waals surface area contributed by atoms with Crippen molar-refractivity contribution in [2.45, 2.75) is 31.2 Å². The van der Waals surface area contributed by atoms with Crippen LogP contribution in [0.5, 0.6) is 0 Å². The Balaban J connectivity index is 2.62. The summed E-state index contributed by atoms with van der Waals surface area (Å²) >= 11 is 2.59. The standard InChI is InChI=1S/C14H25N5O2S2/c1-4-5-6-9-22-13-10(11(15)20)12(23-18-13)17-14(21)16-7-8-19(2)3/h4-9H2,1-3H3,(H2,15,20)(H2,16,17,21). The molecular weight excluding hydrogens is 334 g/mol. The Labute approximate surface area is 145 Å². The minimum Gasteiger partial charge on any atom is -0.365 e. The van der Waals surface area contributed by atoms with Gasteiger partial charge in [0.1, 0.15) is 15.6 Å². The second kappa shape index (κ2) is 10.5. The molecule has 0 aliphatic heterocycles. The van der Waals surface area contributed by atoms with Crippen LogP contribution in [0.4, 0.5) is 9.80 Å². The van der Waals surface area contributed by atoms with Gasteiger partial charge in [0.25, 0.3) is 5.91 Å². The first kappa shape index (κ1) is 19.7. The van der Waals surface area contributed by atoms with Crippen LogP contribution in [-0.4, -0.2) is 54.1 Å². The topological polar surface area (TPSA) is 100 Å². The predicted molar refractivity (Wildman–Crippen MR) is 96.5 cm³/mol. The van der Waals surface area contributed by atoms with Crippen molar-refractivity contribution in [2.24, 2.45) is 5.73 Å². The van der Waals surface area contributed by atoms with Crippen LogP contribution in [0.2, 0.25) is 0 Å². The van der Waals surface area contributed by atoms with E-state index in [1.54, 1.807) is 0 Å². The maximum absolute atomic E-state index is 11.9. The minimum atomic E-state index is -0.569. The molecular formula is C14H25N5O2S2. The van der Waals surface area contributed by atoms with Crippen molar-refractivity contribution in [1.82, 2.24) is 14.6 Å². The molecule has 23 heavy (non-hydrogen) atoms. The SMILES string of the molecule is CCCCCSc1nsc(NC(=O)NCCN(C)C)c1C(N)=O. The summed E-state index contributed by atoms with van der Waals surface area (Å²) in [6.45, 7) is 3.39. The van der Waals surface area contributed by atoms with Crippen LogP contribution in [0.3, 0.4) is 0 Å². The highest BCUT2D eigenvalue weighted by Crippen LogP contribution is 2.32. The molecule has 0 saturated carbocycles. The molecule has 0 aliphatic rings. The Morgan fingerprint density at radius 1 is 1.35 bits per heavy atom. The summed E-state index contributed by atoms with van der Waals surface area (Å²) in [5.41, 5.74) is 5.75. The van der Waals surface area contributed by atoms with Crippen LogP contribution in [0.15, 0.2) is 5.03 Å². The highest BCUT2D eigenvalue weighted by molar-refractivity contribution is 7.99. The van der Waals surface area contributed by atoms with Crippen molar-refractivity contribution in [1.29, 1.82) is 0 Å². The Kier molecular flexibility index (Phi) is 8.97. The van der Waals surface area contributed by atoms with E-state index in [1.165, 1.54) is 11.8 Å². The molecule has 1 aromatic rings. The summed E-state index contributed by atoms with van der Waals surface area (Å²) in [6, 6.07) is -0.361. The molecule has 0 fully saturated rings. The number of likely N-dealkylation sites (N-methyl/N-ethyl adjacent to an activating group) is 1. The molecule has 0 radical (unpaired) electrons. The summed E-state index contributed by atoms with van der Waals surface area (Å²) in [4.78, 5) is 25.5. The molecule has 9 heteroatoms. The third-order valence-electron chi connectivity index (χ3n) is 2.97. The smallest absolute Gasteiger partial charge is 0.319 e. The maximum Gasteiger partial charge on any atom is 0.319 e. The number of nitrogens with zero attached hydrogens (tertiary/aromatic N) is 2. The fraction of sp³-hybridized carbons (Fsp3) is 0.643. The molecule has 1 rings (SSSR count). The molecule has 4 N–H and O–H groups in total. The lowest BCUT2D eigenvalue weighted by Gasteiger charge is -2.11. The molecule has 0 atom stereocenters. The normalized spacial score (nSPS) is 10.8. The Morgan fingerprint density at radius 2 is 2.09 bits per heavy atom. The molecule has 0 saturated heterocycles. The lowest BCUT2D eigenvalue weighted by Crippen LogP contribution is -2.34. The van der Waals surface area contributed by atoms with Crippen molar-refractivity contribution in [2.75, 3.05) is 38.3 Å². The third-order valence-corrected chi connectivity index (χ3v) is 4.91. The van der Waals surface area contributed by atoms with Crippen LogP contribution in [-0.2, 0) is 0 Å². The minimum absolute atomic E-state index is 0.305. The average Bonchev–Trinajstić information content (AvgIpc) is 2.86. The average molecular weight is 360 g/mol. The molecule has 0 bridgehead atoms. The number of hydrogen-bond acceptors (Lipinski definition) is 6. The van der Waals surface area contributed by atoms with Crippen LogP contribution in [0.1, 0.15) is 36.5 Å². The lowest BCUT2D eigenvalue weighted by molar-refractivity contribution is 0.0998. The number of nitrogens with one attached hydrogen (secondary N) is 2. The van der Waals surface area contributed by atoms with Gasteiger partial charge in [-0.25, -0.2) is 4.79 Å². The first-order chi connectivity index (χ1) is 11.0. The predicted octanol–water partition coefficient (Wildman–Crippen LogP) is 2.21. The highest BCUT2D eigenvalue weighted by atomic mass is 32.2. The van der Waals surface area contributed by atoms with Gasteiger partial charge in [-0.1, -0.05) is 19.8 Å². The van der Waals surface area contributed by atoms with Crippen LogP contribution < -0.4 is 16.4 Å². The number of primary amides is 1. The van der Waals surface area contributed by atoms with Gasteiger partial charge < -0.3 is 16.0 Å². The number of anilines is 1. The van der Waals surface area contributed by atoms with Gasteiger partial charge in [-0.05, 0) is 37.8 Å². The van der Waals surface area contributed by atoms with Crippen molar-refractivity contribution in [3.63, 3.8) is 0 Å². The van der Waals surface area contributed by atoms with Crippen molar-refractivity contribution in [3.05, 3.63) is 5.56 Å². The first-order valence-corrected chi connectivity index (χ1v) is 9.33. The van der Waals surface area contributed by atoms with Gasteiger partial charge in [-0.15, -0.1) is 11.8 Å². The largest absolute Gasteiger partial charge is 0.365 e. The van der Waals surface area contributed by atoms with E-state index < -0.39 is 5.91 Å². The van der Waals surface area contributed by atoms with Gasteiger partial charge in [-0.3, -0.25) is 10.1 Å². The van der Waals surface area contributed by atoms with Gasteiger partial charge in [0.05, 0.1) is 0 Å². The summed E-state index contributed by atoms with van der Waals surface area (Å²) in [5, 5.41) is 6.39. The summed E-state index contributed by atoms with van der Waals surface area (Å²) < 4.78 is 4.25. The molecule has 0 unspecified atom stereocenters. The van der Waals surface area contributed by atoms with Gasteiger partial charge in [0.2, 0.25) is 0 Å². The second-order valence-electron chi connectivity index (χ2n) is 5.30. The van der Waals surface area contributed by atoms with E-state index in [9.17, 15) is 9.59 Å². The van der Waals surface area contributed by atoms with Gasteiger partial charge in [0, 0.05) is 13.1 Å². The fourth-order valence-electron chi connectivity index (χ4n) is 1.74. The van der Waals surface area contributed by atoms with Crippen molar-refractivity contribution < 1.29 is 9.59 Å². The molecule has 1 aromatic heterocycles. The Bertz CT molecular complexity index is 519. The van der Waals surface area contributed by atoms with E-state index in [-0.39, 0.29) is 6.03 Å². The van der Waals surface area contributed by atoms with Gasteiger partial charge in [-0.2, -0.15) is 4.37 Å². The van der Waals surface area contributed by atoms with Gasteiger partial charge in [0.15, 0.2) is 0 Å². The number of thioether (sulfide) groups is 1. The van der Waals surface area contributed by atoms with E-state index in [2.05, 4.69) is 21.9 Å². The number of nitrogens with two attached hydrogens (primary N) is 1. The number of rotatable bonds is 10. The zero-order chi connectivity index (χ0) is 17.2. The quantitative estimate of drug-likeness (QED) is 0.439. The zero-order valence-corrected chi connectivity index (χ0v) is 15.5. The lowest BCUT2D eigenvalue weighted by atomic mass is 10.3. The Morgan fingerprint density at radius 3 is 2.70 bits per heavy atom. The monoisotopic (exact) mass is 359 g/mol. The maximum atomic E-state index is 11.9. The van der Waals surface area contributed by atoms with Crippen molar-refractivity contribution in [3.8, 4) is 0 Å². The number of carbonyl (C=O) groups is 2. The summed E-state index contributed by atoms with van der Waals surface area (Å²) in [7, 11) is 3.85. The molecule has 130 valence electrons. The van der Waals surface area contributed by atoms with Crippen LogP contribution in [0.25, 0.3) is 0 Å². The van der Waals surface area contributed by atoms with E-state index in [0.29, 0.717) is 22.1 Å². The molecule has 0 spiro atoms. The molecule has 0 aliphatic carbocycles. The van der Waals surface area contributed by atoms with Crippen molar-refractivity contribution >= 4 is 40.2 Å². The number of urea groups is 1. The third kappa shape index (κ3) is 7.19. The van der Waals surface area contributed by atoms with Crippen LogP contribution in [0, 0.1) is 0 Å². The Hall–Kier alpha value is -1.32. The molecule has 1 heterocycles. The molecule has 7 nitrogen and oxygen atoms in total. The number of unbranched alkanes of at least 4 members (excludes halogenated alkanes) is 2. The number of carbonyl (C=O) groups excluding carboxylic acids is 2. The highest BCUT2D eigenvalue weighted by Gasteiger charge is 2.20. The number of amides is 3. The zero-order valence-electron chi connectivity index (χ0n) is 13.8. The van der Waals surface area contributed by atoms with E-state index in [1.807, 2.05) is 19.0 Å².